The summed E-state index contributed by atoms with van der Waals surface area (Å²) in [4.78, 5) is 20.7. The predicted molar refractivity (Wildman–Crippen MR) is 116 cm³/mol. The second-order valence-electron chi connectivity index (χ2n) is 7.29. The number of aliphatic imine (C=N–C) groups is 1. The Morgan fingerprint density at radius 2 is 2.00 bits per heavy atom. The van der Waals surface area contributed by atoms with Crippen LogP contribution in [0.15, 0.2) is 4.99 Å². The number of nitrogens with zero attached hydrogens (tertiary/aromatic N) is 3. The molecule has 0 aromatic heterocycles. The van der Waals surface area contributed by atoms with Crippen molar-refractivity contribution in [3.05, 3.63) is 0 Å². The maximum absolute atomic E-state index is 11.2. The fourth-order valence-electron chi connectivity index (χ4n) is 3.76. The number of aliphatic hydroxyl groups excluding tert-OH is 1. The molecule has 1 amide bonds. The molecule has 8 heteroatoms. The predicted octanol–water partition coefficient (Wildman–Crippen LogP) is 1.00. The number of piperidine rings is 2. The first-order valence-electron chi connectivity index (χ1n) is 9.80. The SMILES string of the molecule is CCNC(=NCCCN1CCC(O)CC1)N1CCCC(CC(N)=O)C1.I. The zero-order chi connectivity index (χ0) is 18.1. The minimum Gasteiger partial charge on any atom is -0.393 e. The van der Waals surface area contributed by atoms with Crippen LogP contribution in [0.2, 0.25) is 0 Å². The number of rotatable bonds is 7. The first kappa shape index (κ1) is 23.4. The number of primary amides is 1. The van der Waals surface area contributed by atoms with Gasteiger partial charge in [0.25, 0.3) is 0 Å². The molecule has 2 saturated heterocycles. The number of halogens is 1. The number of nitrogens with one attached hydrogen (secondary N) is 1. The van der Waals surface area contributed by atoms with E-state index in [1.54, 1.807) is 0 Å². The van der Waals surface area contributed by atoms with Crippen LogP contribution in [0.1, 0.15) is 45.4 Å². The van der Waals surface area contributed by atoms with Crippen molar-refractivity contribution in [1.29, 1.82) is 0 Å². The molecular formula is C18H36IN5O2. The highest BCUT2D eigenvalue weighted by Crippen LogP contribution is 2.19. The quantitative estimate of drug-likeness (QED) is 0.218. The molecule has 0 bridgehead atoms. The van der Waals surface area contributed by atoms with Gasteiger partial charge < -0.3 is 26.0 Å². The fourth-order valence-corrected chi connectivity index (χ4v) is 3.76. The minimum absolute atomic E-state index is 0. The highest BCUT2D eigenvalue weighted by molar-refractivity contribution is 14.0. The number of aliphatic hydroxyl groups is 1. The summed E-state index contributed by atoms with van der Waals surface area (Å²) in [5, 5.41) is 12.9. The van der Waals surface area contributed by atoms with Crippen molar-refractivity contribution < 1.29 is 9.90 Å². The van der Waals surface area contributed by atoms with Gasteiger partial charge in [-0.3, -0.25) is 9.79 Å². The summed E-state index contributed by atoms with van der Waals surface area (Å²) >= 11 is 0. The van der Waals surface area contributed by atoms with Gasteiger partial charge in [0.15, 0.2) is 5.96 Å². The van der Waals surface area contributed by atoms with Crippen molar-refractivity contribution in [1.82, 2.24) is 15.1 Å². The van der Waals surface area contributed by atoms with Crippen LogP contribution in [0.4, 0.5) is 0 Å². The Balaban J connectivity index is 0.00000338. The van der Waals surface area contributed by atoms with Crippen LogP contribution in [-0.2, 0) is 4.79 Å². The molecule has 4 N–H and O–H groups in total. The number of guanidine groups is 1. The van der Waals surface area contributed by atoms with Crippen molar-refractivity contribution in [3.63, 3.8) is 0 Å². The molecule has 0 aromatic rings. The summed E-state index contributed by atoms with van der Waals surface area (Å²) in [5.74, 6) is 1.10. The summed E-state index contributed by atoms with van der Waals surface area (Å²) in [6.45, 7) is 8.61. The van der Waals surface area contributed by atoms with E-state index in [4.69, 9.17) is 10.7 Å². The summed E-state index contributed by atoms with van der Waals surface area (Å²) in [7, 11) is 0. The summed E-state index contributed by atoms with van der Waals surface area (Å²) in [6, 6.07) is 0. The molecule has 152 valence electrons. The number of carbonyl (C=O) groups excluding carboxylic acids is 1. The maximum Gasteiger partial charge on any atom is 0.217 e. The van der Waals surface area contributed by atoms with Crippen LogP contribution >= 0.6 is 24.0 Å². The van der Waals surface area contributed by atoms with Gasteiger partial charge in [0, 0.05) is 45.7 Å². The number of nitrogens with two attached hydrogens (primary N) is 1. The van der Waals surface area contributed by atoms with Gasteiger partial charge in [0.2, 0.25) is 5.91 Å². The van der Waals surface area contributed by atoms with E-state index < -0.39 is 0 Å². The molecule has 2 rings (SSSR count). The average Bonchev–Trinajstić information content (AvgIpc) is 2.59. The van der Waals surface area contributed by atoms with Crippen LogP contribution in [-0.4, -0.2) is 78.7 Å². The van der Waals surface area contributed by atoms with Crippen LogP contribution in [0.25, 0.3) is 0 Å². The molecule has 7 nitrogen and oxygen atoms in total. The molecule has 2 heterocycles. The van der Waals surface area contributed by atoms with Gasteiger partial charge >= 0.3 is 0 Å². The van der Waals surface area contributed by atoms with Crippen molar-refractivity contribution in [2.75, 3.05) is 45.8 Å². The summed E-state index contributed by atoms with van der Waals surface area (Å²) < 4.78 is 0. The lowest BCUT2D eigenvalue weighted by Crippen LogP contribution is -2.47. The van der Waals surface area contributed by atoms with E-state index in [2.05, 4.69) is 22.0 Å². The Bertz CT molecular complexity index is 441. The molecule has 1 unspecified atom stereocenters. The molecule has 2 aliphatic heterocycles. The molecule has 26 heavy (non-hydrogen) atoms. The second-order valence-corrected chi connectivity index (χ2v) is 7.29. The Morgan fingerprint density at radius 3 is 2.65 bits per heavy atom. The monoisotopic (exact) mass is 481 g/mol. The fraction of sp³-hybridized carbons (Fsp3) is 0.889. The van der Waals surface area contributed by atoms with Crippen molar-refractivity contribution in [2.24, 2.45) is 16.6 Å². The zero-order valence-electron chi connectivity index (χ0n) is 16.0. The van der Waals surface area contributed by atoms with Crippen LogP contribution in [0.3, 0.4) is 0 Å². The normalized spacial score (nSPS) is 22.8. The molecule has 0 saturated carbocycles. The van der Waals surface area contributed by atoms with Gasteiger partial charge in [-0.15, -0.1) is 24.0 Å². The van der Waals surface area contributed by atoms with E-state index in [-0.39, 0.29) is 36.0 Å². The van der Waals surface area contributed by atoms with E-state index in [0.717, 1.165) is 83.9 Å². The third kappa shape index (κ3) is 8.39. The van der Waals surface area contributed by atoms with Gasteiger partial charge in [-0.1, -0.05) is 0 Å². The third-order valence-electron chi connectivity index (χ3n) is 5.09. The van der Waals surface area contributed by atoms with E-state index in [9.17, 15) is 9.90 Å². The number of hydrogen-bond donors (Lipinski definition) is 3. The van der Waals surface area contributed by atoms with Gasteiger partial charge in [0.1, 0.15) is 0 Å². The number of hydrogen-bond acceptors (Lipinski definition) is 4. The van der Waals surface area contributed by atoms with Crippen LogP contribution in [0, 0.1) is 5.92 Å². The number of carbonyl (C=O) groups is 1. The minimum atomic E-state index is -0.208. The van der Waals surface area contributed by atoms with Crippen molar-refractivity contribution in [2.45, 2.75) is 51.6 Å². The number of likely N-dealkylation sites (tertiary alicyclic amines) is 2. The Kier molecular flexibility index (Phi) is 11.5. The molecule has 1 atom stereocenters. The molecule has 2 fully saturated rings. The molecule has 2 aliphatic rings. The highest BCUT2D eigenvalue weighted by Gasteiger charge is 2.23. The lowest BCUT2D eigenvalue weighted by Gasteiger charge is -2.34. The van der Waals surface area contributed by atoms with Gasteiger partial charge in [-0.25, -0.2) is 0 Å². The molecule has 0 aromatic carbocycles. The topological polar surface area (TPSA) is 94.2 Å². The first-order valence-corrected chi connectivity index (χ1v) is 9.80. The molecule has 0 radical (unpaired) electrons. The van der Waals surface area contributed by atoms with Crippen molar-refractivity contribution in [3.8, 4) is 0 Å². The summed E-state index contributed by atoms with van der Waals surface area (Å²) in [5.41, 5.74) is 5.36. The van der Waals surface area contributed by atoms with Gasteiger partial charge in [-0.2, -0.15) is 0 Å². The zero-order valence-corrected chi connectivity index (χ0v) is 18.4. The standard InChI is InChI=1S/C18H35N5O2.HI/c1-2-20-18(23-10-3-5-15(14-23)13-17(19)25)21-8-4-9-22-11-6-16(24)7-12-22;/h15-16,24H,2-14H2,1H3,(H2,19,25)(H,20,21);1H. The van der Waals surface area contributed by atoms with Crippen LogP contribution < -0.4 is 11.1 Å². The highest BCUT2D eigenvalue weighted by atomic mass is 127. The largest absolute Gasteiger partial charge is 0.393 e. The van der Waals surface area contributed by atoms with Crippen LogP contribution in [0.5, 0.6) is 0 Å². The Morgan fingerprint density at radius 1 is 1.27 bits per heavy atom. The smallest absolute Gasteiger partial charge is 0.217 e. The second kappa shape index (κ2) is 12.7. The van der Waals surface area contributed by atoms with E-state index in [1.165, 1.54) is 0 Å². The molecule has 0 aliphatic carbocycles. The lowest BCUT2D eigenvalue weighted by atomic mass is 9.95. The van der Waals surface area contributed by atoms with Gasteiger partial charge in [-0.05, 0) is 51.5 Å². The first-order chi connectivity index (χ1) is 12.1. The van der Waals surface area contributed by atoms with Gasteiger partial charge in [0.05, 0.1) is 6.10 Å². The summed E-state index contributed by atoms with van der Waals surface area (Å²) in [6.07, 6.45) is 5.32. The maximum atomic E-state index is 11.2. The van der Waals surface area contributed by atoms with Crippen molar-refractivity contribution >= 4 is 35.8 Å². The van der Waals surface area contributed by atoms with E-state index in [0.29, 0.717) is 12.3 Å². The Hall–Kier alpha value is -0.610. The average molecular weight is 481 g/mol. The van der Waals surface area contributed by atoms with E-state index >= 15 is 0 Å². The Labute approximate surface area is 174 Å². The molecule has 0 spiro atoms. The number of amides is 1. The lowest BCUT2D eigenvalue weighted by molar-refractivity contribution is -0.119. The molecular weight excluding hydrogens is 445 g/mol. The van der Waals surface area contributed by atoms with E-state index in [1.807, 2.05) is 0 Å². The third-order valence-corrected chi connectivity index (χ3v) is 5.09.